The van der Waals surface area contributed by atoms with Gasteiger partial charge in [-0.05, 0) is 0 Å². The van der Waals surface area contributed by atoms with E-state index in [0.717, 1.165) is 17.6 Å². The summed E-state index contributed by atoms with van der Waals surface area (Å²) in [5.41, 5.74) is 12.3. The van der Waals surface area contributed by atoms with E-state index in [0.29, 0.717) is 5.69 Å². The summed E-state index contributed by atoms with van der Waals surface area (Å²) < 4.78 is 0. The summed E-state index contributed by atoms with van der Waals surface area (Å²) in [5, 5.41) is 10.7. The third-order valence-corrected chi connectivity index (χ3v) is 2.38. The Labute approximate surface area is 94.8 Å². The summed E-state index contributed by atoms with van der Waals surface area (Å²) in [4.78, 5) is 28.6. The molecule has 0 aliphatic carbocycles. The molecule has 0 bridgehead atoms. The van der Waals surface area contributed by atoms with Crippen molar-refractivity contribution in [3.63, 3.8) is 0 Å². The Morgan fingerprint density at radius 2 is 2.44 bits per heavy atom. The number of carbonyl (C=O) groups excluding carboxylic acids is 1. The van der Waals surface area contributed by atoms with Crippen molar-refractivity contribution >= 4 is 34.6 Å². The summed E-state index contributed by atoms with van der Waals surface area (Å²) in [5.74, 6) is -3.01. The Bertz CT molecular complexity index is 429. The first kappa shape index (κ1) is 12.1. The minimum atomic E-state index is -1.10. The van der Waals surface area contributed by atoms with Gasteiger partial charge >= 0.3 is 5.97 Å². The maximum Gasteiger partial charge on any atom is 0.314 e. The van der Waals surface area contributed by atoms with E-state index >= 15 is 0 Å². The molecule has 0 aliphatic heterocycles. The number of nitrogens with one attached hydrogen (secondary N) is 1. The van der Waals surface area contributed by atoms with Gasteiger partial charge in [-0.1, -0.05) is 0 Å². The molecule has 0 spiro atoms. The van der Waals surface area contributed by atoms with Gasteiger partial charge in [0.1, 0.15) is 5.92 Å². The van der Waals surface area contributed by atoms with Crippen LogP contribution in [0.25, 0.3) is 0 Å². The first-order valence-electron chi connectivity index (χ1n) is 4.19. The molecule has 1 unspecified atom stereocenters. The van der Waals surface area contributed by atoms with Gasteiger partial charge < -0.3 is 10.8 Å². The van der Waals surface area contributed by atoms with Gasteiger partial charge in [0.2, 0.25) is 0 Å². The number of carboxylic acids is 1. The maximum atomic E-state index is 10.9. The molecular weight excluding hydrogens is 232 g/mol. The largest absolute Gasteiger partial charge is 0.481 e. The van der Waals surface area contributed by atoms with E-state index in [2.05, 4.69) is 9.98 Å². The first-order chi connectivity index (χ1) is 7.50. The summed E-state index contributed by atoms with van der Waals surface area (Å²) in [6.07, 6.45) is 0.770. The Hall–Kier alpha value is -1.96. The van der Waals surface area contributed by atoms with E-state index in [9.17, 15) is 9.59 Å². The zero-order chi connectivity index (χ0) is 12.1. The van der Waals surface area contributed by atoms with Crippen LogP contribution in [0.15, 0.2) is 10.4 Å². The van der Waals surface area contributed by atoms with Crippen molar-refractivity contribution in [2.45, 2.75) is 5.92 Å². The van der Waals surface area contributed by atoms with Crippen molar-refractivity contribution in [3.8, 4) is 0 Å². The molecule has 1 heterocycles. The van der Waals surface area contributed by atoms with Crippen LogP contribution in [0.2, 0.25) is 0 Å². The lowest BCUT2D eigenvalue weighted by molar-refractivity contribution is -0.138. The zero-order valence-corrected chi connectivity index (χ0v) is 8.90. The lowest BCUT2D eigenvalue weighted by atomic mass is 10.1. The third-order valence-electron chi connectivity index (χ3n) is 1.69. The number of nitrogens with two attached hydrogens (primary N) is 1. The van der Waals surface area contributed by atoms with E-state index in [4.69, 9.17) is 16.6 Å². The molecule has 1 rings (SSSR count). The van der Waals surface area contributed by atoms with Crippen molar-refractivity contribution in [2.24, 2.45) is 4.99 Å². The number of aliphatic imine (C=N–C) groups is 1. The molecule has 0 aliphatic rings. The molecule has 0 saturated carbocycles. The standard InChI is InChI=1S/C8H9N4O3S/c9-6(13)2-11-1-4(7(14)15)5-3-16-8(10)12-5/h2-4,9H,1H2,(H2,10,12)(H,14,15). The Morgan fingerprint density at radius 1 is 1.75 bits per heavy atom. The molecular formula is C8H9N4O3S. The summed E-state index contributed by atoms with van der Waals surface area (Å²) >= 11 is 1.14. The number of amides is 1. The number of nitrogens with zero attached hydrogens (tertiary/aromatic N) is 2. The summed E-state index contributed by atoms with van der Waals surface area (Å²) in [6, 6.07) is 0. The van der Waals surface area contributed by atoms with Gasteiger partial charge in [-0.3, -0.25) is 20.3 Å². The fraction of sp³-hybridized carbons (Fsp3) is 0.250. The second kappa shape index (κ2) is 5.21. The number of rotatable bonds is 5. The van der Waals surface area contributed by atoms with Crippen LogP contribution in [0.3, 0.4) is 0 Å². The number of aromatic nitrogens is 1. The molecule has 8 heteroatoms. The molecule has 0 aromatic carbocycles. The molecule has 1 aromatic heterocycles. The van der Waals surface area contributed by atoms with Gasteiger partial charge in [0.15, 0.2) is 5.13 Å². The van der Waals surface area contributed by atoms with Crippen molar-refractivity contribution in [2.75, 3.05) is 12.3 Å². The SMILES string of the molecule is [NH]C(=O)C=NCC(C(=O)O)c1csc(N)n1. The summed E-state index contributed by atoms with van der Waals surface area (Å²) in [7, 11) is 0. The highest BCUT2D eigenvalue weighted by Crippen LogP contribution is 2.20. The molecule has 0 fully saturated rings. The average molecular weight is 241 g/mol. The van der Waals surface area contributed by atoms with E-state index in [1.807, 2.05) is 0 Å². The molecule has 1 atom stereocenters. The summed E-state index contributed by atoms with van der Waals surface area (Å²) in [6.45, 7) is -0.136. The molecule has 4 N–H and O–H groups in total. The quantitative estimate of drug-likeness (QED) is 0.688. The van der Waals surface area contributed by atoms with Crippen molar-refractivity contribution in [3.05, 3.63) is 11.1 Å². The lowest BCUT2D eigenvalue weighted by Crippen LogP contribution is -2.16. The normalized spacial score (nSPS) is 12.8. The molecule has 0 saturated heterocycles. The highest BCUT2D eigenvalue weighted by atomic mass is 32.1. The zero-order valence-electron chi connectivity index (χ0n) is 8.08. The minimum absolute atomic E-state index is 0.136. The smallest absolute Gasteiger partial charge is 0.314 e. The molecule has 1 radical (unpaired) electrons. The van der Waals surface area contributed by atoms with Gasteiger partial charge in [-0.15, -0.1) is 11.3 Å². The fourth-order valence-electron chi connectivity index (χ4n) is 1.000. The second-order valence-corrected chi connectivity index (χ2v) is 3.75. The van der Waals surface area contributed by atoms with E-state index in [1.165, 1.54) is 5.38 Å². The Morgan fingerprint density at radius 3 is 2.88 bits per heavy atom. The number of carbonyl (C=O) groups is 2. The third kappa shape index (κ3) is 3.31. The Kier molecular flexibility index (Phi) is 3.95. The van der Waals surface area contributed by atoms with Crippen LogP contribution < -0.4 is 11.5 Å². The molecule has 7 nitrogen and oxygen atoms in total. The van der Waals surface area contributed by atoms with E-state index in [-0.39, 0.29) is 11.7 Å². The number of thiazole rings is 1. The van der Waals surface area contributed by atoms with Crippen LogP contribution in [0, 0.1) is 0 Å². The predicted octanol–water partition coefficient (Wildman–Crippen LogP) is -0.226. The number of nitrogen functional groups attached to an aromatic ring is 1. The molecule has 16 heavy (non-hydrogen) atoms. The van der Waals surface area contributed by atoms with Crippen molar-refractivity contribution in [1.29, 1.82) is 0 Å². The average Bonchev–Trinajstić information content (AvgIpc) is 2.58. The minimum Gasteiger partial charge on any atom is -0.481 e. The van der Waals surface area contributed by atoms with Crippen molar-refractivity contribution in [1.82, 2.24) is 10.7 Å². The molecule has 1 aromatic rings. The van der Waals surface area contributed by atoms with Crippen LogP contribution >= 0.6 is 11.3 Å². The van der Waals surface area contributed by atoms with Gasteiger partial charge in [0.25, 0.3) is 5.91 Å². The van der Waals surface area contributed by atoms with Crippen LogP contribution in [0.5, 0.6) is 0 Å². The maximum absolute atomic E-state index is 10.9. The number of carboxylic acid groups (broad SMARTS) is 1. The van der Waals surface area contributed by atoms with Crippen LogP contribution in [0.1, 0.15) is 11.6 Å². The predicted molar refractivity (Wildman–Crippen MR) is 58.4 cm³/mol. The second-order valence-electron chi connectivity index (χ2n) is 2.86. The van der Waals surface area contributed by atoms with Crippen LogP contribution in [-0.4, -0.2) is 34.7 Å². The number of aliphatic carboxylic acids is 1. The first-order valence-corrected chi connectivity index (χ1v) is 5.07. The van der Waals surface area contributed by atoms with Crippen molar-refractivity contribution < 1.29 is 14.7 Å². The monoisotopic (exact) mass is 241 g/mol. The number of anilines is 1. The van der Waals surface area contributed by atoms with Crippen LogP contribution in [-0.2, 0) is 9.59 Å². The van der Waals surface area contributed by atoms with E-state index in [1.54, 1.807) is 0 Å². The Balaban J connectivity index is 2.76. The topological polar surface area (TPSA) is 129 Å². The lowest BCUT2D eigenvalue weighted by Gasteiger charge is -2.05. The van der Waals surface area contributed by atoms with Gasteiger partial charge in [0, 0.05) is 5.38 Å². The van der Waals surface area contributed by atoms with Gasteiger partial charge in [-0.2, -0.15) is 0 Å². The van der Waals surface area contributed by atoms with Gasteiger partial charge in [-0.25, -0.2) is 4.98 Å². The number of hydrogen-bond donors (Lipinski definition) is 2. The number of hydrogen-bond acceptors (Lipinski definition) is 6. The van der Waals surface area contributed by atoms with Crippen LogP contribution in [0.4, 0.5) is 5.13 Å². The highest BCUT2D eigenvalue weighted by Gasteiger charge is 2.21. The van der Waals surface area contributed by atoms with E-state index < -0.39 is 17.8 Å². The molecule has 85 valence electrons. The fourth-order valence-corrected chi connectivity index (χ4v) is 1.62. The highest BCUT2D eigenvalue weighted by molar-refractivity contribution is 7.13. The van der Waals surface area contributed by atoms with Gasteiger partial charge in [0.05, 0.1) is 18.5 Å². The molecule has 1 amide bonds.